The van der Waals surface area contributed by atoms with Gasteiger partial charge >= 0.3 is 5.97 Å². The first kappa shape index (κ1) is 12.5. The highest BCUT2D eigenvalue weighted by molar-refractivity contribution is 5.80. The molecule has 1 aliphatic heterocycles. The lowest BCUT2D eigenvalue weighted by Crippen LogP contribution is -2.43. The molecular weight excluding hydrogens is 232 g/mol. The predicted molar refractivity (Wildman–Crippen MR) is 64.9 cm³/mol. The van der Waals surface area contributed by atoms with Crippen molar-refractivity contribution in [2.75, 3.05) is 13.1 Å². The second-order valence-corrected chi connectivity index (χ2v) is 4.48. The molecule has 1 aromatic rings. The molecule has 1 fully saturated rings. The topological polar surface area (TPSA) is 70.5 Å². The van der Waals surface area contributed by atoms with Crippen LogP contribution in [0.2, 0.25) is 0 Å². The molecule has 18 heavy (non-hydrogen) atoms. The minimum absolute atomic E-state index is 0.0448. The maximum absolute atomic E-state index is 11.7. The van der Waals surface area contributed by atoms with Crippen molar-refractivity contribution in [3.8, 4) is 0 Å². The highest BCUT2D eigenvalue weighted by Gasteiger charge is 2.29. The fourth-order valence-electron chi connectivity index (χ4n) is 2.13. The molecule has 1 aromatic heterocycles. The zero-order valence-corrected chi connectivity index (χ0v) is 10.1. The second-order valence-electron chi connectivity index (χ2n) is 4.48. The van der Waals surface area contributed by atoms with Crippen molar-refractivity contribution in [3.05, 3.63) is 30.1 Å². The van der Waals surface area contributed by atoms with Gasteiger partial charge in [-0.25, -0.2) is 0 Å². The molecule has 0 aromatic carbocycles. The SMILES string of the molecule is O=C(O)[C@@H]1CCC(=O)N(CCc2ccccn2)C1. The maximum atomic E-state index is 11.7. The highest BCUT2D eigenvalue weighted by atomic mass is 16.4. The number of aliphatic carboxylic acids is 1. The molecule has 0 bridgehead atoms. The number of carbonyl (C=O) groups is 2. The molecule has 0 saturated carbocycles. The van der Waals surface area contributed by atoms with Crippen LogP contribution in [-0.2, 0) is 16.0 Å². The van der Waals surface area contributed by atoms with Gasteiger partial charge < -0.3 is 10.0 Å². The van der Waals surface area contributed by atoms with Gasteiger partial charge in [-0.2, -0.15) is 0 Å². The Morgan fingerprint density at radius 1 is 1.50 bits per heavy atom. The Balaban J connectivity index is 1.91. The molecule has 5 heteroatoms. The van der Waals surface area contributed by atoms with Crippen LogP contribution < -0.4 is 0 Å². The summed E-state index contributed by atoms with van der Waals surface area (Å²) in [6.45, 7) is 0.862. The molecule has 1 saturated heterocycles. The van der Waals surface area contributed by atoms with Gasteiger partial charge in [-0.1, -0.05) is 6.07 Å². The van der Waals surface area contributed by atoms with Crippen LogP contribution in [0.5, 0.6) is 0 Å². The van der Waals surface area contributed by atoms with E-state index in [0.29, 0.717) is 32.4 Å². The van der Waals surface area contributed by atoms with Crippen molar-refractivity contribution in [3.63, 3.8) is 0 Å². The second kappa shape index (κ2) is 5.62. The summed E-state index contributed by atoms with van der Waals surface area (Å²) >= 11 is 0. The Hall–Kier alpha value is -1.91. The summed E-state index contributed by atoms with van der Waals surface area (Å²) in [4.78, 5) is 28.5. The lowest BCUT2D eigenvalue weighted by Gasteiger charge is -2.30. The number of pyridine rings is 1. The van der Waals surface area contributed by atoms with Gasteiger partial charge in [-0.3, -0.25) is 14.6 Å². The third kappa shape index (κ3) is 3.06. The van der Waals surface area contributed by atoms with Crippen molar-refractivity contribution in [2.24, 2.45) is 5.92 Å². The number of rotatable bonds is 4. The third-order valence-corrected chi connectivity index (χ3v) is 3.21. The molecular formula is C13H16N2O3. The molecule has 0 spiro atoms. The summed E-state index contributed by atoms with van der Waals surface area (Å²) in [6.07, 6.45) is 3.17. The standard InChI is InChI=1S/C13H16N2O3/c16-12-5-4-10(13(17)18)9-15(12)8-6-11-3-1-2-7-14-11/h1-3,7,10H,4-6,8-9H2,(H,17,18)/t10-/m1/s1. The van der Waals surface area contributed by atoms with Crippen LogP contribution in [0.25, 0.3) is 0 Å². The van der Waals surface area contributed by atoms with E-state index in [4.69, 9.17) is 5.11 Å². The summed E-state index contributed by atoms with van der Waals surface area (Å²) in [5.41, 5.74) is 0.919. The van der Waals surface area contributed by atoms with Gasteiger partial charge in [0, 0.05) is 37.8 Å². The quantitative estimate of drug-likeness (QED) is 0.861. The molecule has 2 heterocycles. The Bertz CT molecular complexity index is 433. The normalized spacial score (nSPS) is 19.9. The van der Waals surface area contributed by atoms with Gasteiger partial charge in [0.1, 0.15) is 0 Å². The van der Waals surface area contributed by atoms with Crippen LogP contribution in [0.1, 0.15) is 18.5 Å². The average Bonchev–Trinajstić information content (AvgIpc) is 2.38. The number of hydrogen-bond acceptors (Lipinski definition) is 3. The van der Waals surface area contributed by atoms with E-state index in [1.807, 2.05) is 18.2 Å². The summed E-state index contributed by atoms with van der Waals surface area (Å²) in [5, 5.41) is 8.98. The first-order valence-corrected chi connectivity index (χ1v) is 6.07. The Morgan fingerprint density at radius 3 is 3.00 bits per heavy atom. The summed E-state index contributed by atoms with van der Waals surface area (Å²) < 4.78 is 0. The zero-order valence-electron chi connectivity index (χ0n) is 10.1. The molecule has 1 amide bonds. The lowest BCUT2D eigenvalue weighted by atomic mass is 9.97. The van der Waals surface area contributed by atoms with Crippen molar-refractivity contribution < 1.29 is 14.7 Å². The third-order valence-electron chi connectivity index (χ3n) is 3.21. The van der Waals surface area contributed by atoms with Gasteiger partial charge in [0.2, 0.25) is 5.91 Å². The maximum Gasteiger partial charge on any atom is 0.308 e. The van der Waals surface area contributed by atoms with Crippen molar-refractivity contribution in [1.29, 1.82) is 0 Å². The number of carbonyl (C=O) groups excluding carboxylic acids is 1. The monoisotopic (exact) mass is 248 g/mol. The van der Waals surface area contributed by atoms with E-state index in [0.717, 1.165) is 5.69 Å². The first-order chi connectivity index (χ1) is 8.66. The Morgan fingerprint density at radius 2 is 2.33 bits per heavy atom. The number of carboxylic acid groups (broad SMARTS) is 1. The van der Waals surface area contributed by atoms with Gasteiger partial charge in [-0.15, -0.1) is 0 Å². The minimum atomic E-state index is -0.815. The average molecular weight is 248 g/mol. The van der Waals surface area contributed by atoms with Crippen LogP contribution in [-0.4, -0.2) is 40.0 Å². The van der Waals surface area contributed by atoms with Crippen LogP contribution >= 0.6 is 0 Å². The van der Waals surface area contributed by atoms with Crippen LogP contribution in [0.3, 0.4) is 0 Å². The van der Waals surface area contributed by atoms with E-state index in [1.165, 1.54) is 0 Å². The summed E-state index contributed by atoms with van der Waals surface area (Å²) in [5.74, 6) is -1.19. The number of aromatic nitrogens is 1. The number of hydrogen-bond donors (Lipinski definition) is 1. The lowest BCUT2D eigenvalue weighted by molar-refractivity contribution is -0.147. The van der Waals surface area contributed by atoms with Crippen LogP contribution in [0.15, 0.2) is 24.4 Å². The number of amides is 1. The van der Waals surface area contributed by atoms with Crippen LogP contribution in [0, 0.1) is 5.92 Å². The molecule has 1 N–H and O–H groups in total. The fourth-order valence-corrected chi connectivity index (χ4v) is 2.13. The van der Waals surface area contributed by atoms with Gasteiger partial charge in [0.05, 0.1) is 5.92 Å². The van der Waals surface area contributed by atoms with Crippen LogP contribution in [0.4, 0.5) is 0 Å². The number of piperidine rings is 1. The van der Waals surface area contributed by atoms with E-state index >= 15 is 0 Å². The molecule has 0 aliphatic carbocycles. The Labute approximate surface area is 105 Å². The minimum Gasteiger partial charge on any atom is -0.481 e. The number of nitrogens with zero attached hydrogens (tertiary/aromatic N) is 2. The molecule has 96 valence electrons. The van der Waals surface area contributed by atoms with Gasteiger partial charge in [0.15, 0.2) is 0 Å². The zero-order chi connectivity index (χ0) is 13.0. The predicted octanol–water partition coefficient (Wildman–Crippen LogP) is 0.947. The van der Waals surface area contributed by atoms with E-state index in [9.17, 15) is 9.59 Å². The smallest absolute Gasteiger partial charge is 0.308 e. The van der Waals surface area contributed by atoms with Crippen molar-refractivity contribution in [1.82, 2.24) is 9.88 Å². The first-order valence-electron chi connectivity index (χ1n) is 6.07. The van der Waals surface area contributed by atoms with E-state index in [1.54, 1.807) is 11.1 Å². The van der Waals surface area contributed by atoms with E-state index in [2.05, 4.69) is 4.98 Å². The van der Waals surface area contributed by atoms with Gasteiger partial charge in [0.25, 0.3) is 0 Å². The molecule has 0 radical (unpaired) electrons. The Kier molecular flexibility index (Phi) is 3.92. The summed E-state index contributed by atoms with van der Waals surface area (Å²) in [7, 11) is 0. The number of likely N-dealkylation sites (tertiary alicyclic amines) is 1. The molecule has 5 nitrogen and oxygen atoms in total. The number of carboxylic acids is 1. The fraction of sp³-hybridized carbons (Fsp3) is 0.462. The van der Waals surface area contributed by atoms with E-state index in [-0.39, 0.29) is 5.91 Å². The van der Waals surface area contributed by atoms with Gasteiger partial charge in [-0.05, 0) is 18.6 Å². The van der Waals surface area contributed by atoms with Crippen molar-refractivity contribution in [2.45, 2.75) is 19.3 Å². The largest absolute Gasteiger partial charge is 0.481 e. The highest BCUT2D eigenvalue weighted by Crippen LogP contribution is 2.18. The molecule has 2 rings (SSSR count). The molecule has 0 unspecified atom stereocenters. The molecule has 1 aliphatic rings. The molecule has 1 atom stereocenters. The van der Waals surface area contributed by atoms with E-state index < -0.39 is 11.9 Å². The summed E-state index contributed by atoms with van der Waals surface area (Å²) in [6, 6.07) is 5.65. The van der Waals surface area contributed by atoms with Crippen molar-refractivity contribution >= 4 is 11.9 Å².